The van der Waals surface area contributed by atoms with Crippen LogP contribution in [0.5, 0.6) is 0 Å². The average Bonchev–Trinajstić information content (AvgIpc) is 2.94. The Morgan fingerprint density at radius 3 is 2.34 bits per heavy atom. The van der Waals surface area contributed by atoms with Gasteiger partial charge in [0, 0.05) is 29.1 Å². The maximum Gasteiger partial charge on any atom is 0.284 e. The van der Waals surface area contributed by atoms with Gasteiger partial charge >= 0.3 is 0 Å². The van der Waals surface area contributed by atoms with Gasteiger partial charge in [-0.05, 0) is 48.5 Å². The molecule has 3 aromatic rings. The maximum absolute atomic E-state index is 14.9. The van der Waals surface area contributed by atoms with Gasteiger partial charge in [-0.3, -0.25) is 9.59 Å². The number of aliphatic hydroxyl groups is 2. The van der Waals surface area contributed by atoms with Crippen molar-refractivity contribution >= 4 is 58.0 Å². The van der Waals surface area contributed by atoms with Crippen molar-refractivity contribution in [3.05, 3.63) is 91.9 Å². The van der Waals surface area contributed by atoms with E-state index in [-0.39, 0.29) is 37.6 Å². The van der Waals surface area contributed by atoms with Crippen molar-refractivity contribution in [1.29, 1.82) is 0 Å². The first kappa shape index (κ1) is 28.1. The van der Waals surface area contributed by atoms with Crippen LogP contribution in [0, 0.1) is 11.6 Å². The number of hydrogen-bond acceptors (Lipinski definition) is 4. The third kappa shape index (κ3) is 4.94. The molecule has 0 saturated heterocycles. The molecule has 4 rings (SSSR count). The zero-order chi connectivity index (χ0) is 28.0. The number of anilines is 2. The maximum atomic E-state index is 14.9. The number of rotatable bonds is 4. The van der Waals surface area contributed by atoms with E-state index < -0.39 is 60.1 Å². The summed E-state index contributed by atoms with van der Waals surface area (Å²) in [6, 6.07) is 8.34. The number of carbonyl (C=O) groups is 2. The van der Waals surface area contributed by atoms with Crippen LogP contribution in [0.25, 0.3) is 0 Å². The van der Waals surface area contributed by atoms with Crippen LogP contribution in [0.2, 0.25) is 15.1 Å². The number of fused-ring (bicyclic) bond motifs is 1. The summed E-state index contributed by atoms with van der Waals surface area (Å²) in [7, 11) is 0. The number of carbonyl (C=O) groups excluding carboxylic acids is 2. The van der Waals surface area contributed by atoms with Crippen LogP contribution in [0.3, 0.4) is 0 Å². The number of hydrogen-bond donors (Lipinski definition) is 3. The highest BCUT2D eigenvalue weighted by atomic mass is 35.5. The second kappa shape index (κ2) is 10.3. The second-order valence-electron chi connectivity index (χ2n) is 8.49. The molecule has 1 aliphatic rings. The van der Waals surface area contributed by atoms with Crippen molar-refractivity contribution in [1.82, 2.24) is 0 Å². The van der Waals surface area contributed by atoms with Gasteiger partial charge in [-0.15, -0.1) is 0 Å². The first-order valence-corrected chi connectivity index (χ1v) is 12.0. The first-order chi connectivity index (χ1) is 17.8. The molecule has 0 unspecified atom stereocenters. The number of halogens is 7. The molecule has 3 N–H and O–H groups in total. The molecule has 2 amide bonds. The number of nitrogens with zero attached hydrogens (tertiary/aromatic N) is 1. The van der Waals surface area contributed by atoms with Crippen LogP contribution in [-0.2, 0) is 5.60 Å². The Balaban J connectivity index is 1.66. The molecule has 1 aliphatic heterocycles. The molecule has 0 aliphatic carbocycles. The highest BCUT2D eigenvalue weighted by Crippen LogP contribution is 2.47. The summed E-state index contributed by atoms with van der Waals surface area (Å²) in [6.45, 7) is -1.93. The molecular formula is C25H17Cl3F4N2O4. The fraction of sp³-hybridized carbons (Fsp3) is 0.200. The Labute approximate surface area is 228 Å². The van der Waals surface area contributed by atoms with Crippen LogP contribution in [0.1, 0.15) is 32.7 Å². The number of amides is 2. The summed E-state index contributed by atoms with van der Waals surface area (Å²) in [6.07, 6.45) is -1.02. The van der Waals surface area contributed by atoms with Crippen LogP contribution < -0.4 is 10.2 Å². The normalized spacial score (nSPS) is 18.5. The molecule has 13 heteroatoms. The van der Waals surface area contributed by atoms with Crippen molar-refractivity contribution < 1.29 is 37.4 Å². The van der Waals surface area contributed by atoms with Crippen molar-refractivity contribution in [3.63, 3.8) is 0 Å². The first-order valence-electron chi connectivity index (χ1n) is 10.9. The third-order valence-corrected chi connectivity index (χ3v) is 6.98. The minimum absolute atomic E-state index is 0.0208. The molecule has 6 nitrogen and oxygen atoms in total. The van der Waals surface area contributed by atoms with E-state index in [0.717, 1.165) is 41.3 Å². The molecule has 1 atom stereocenters. The summed E-state index contributed by atoms with van der Waals surface area (Å²) in [5, 5.41) is 22.1. The largest absolute Gasteiger partial charge is 0.393 e. The van der Waals surface area contributed by atoms with Crippen molar-refractivity contribution in [3.8, 4) is 0 Å². The Morgan fingerprint density at radius 1 is 0.974 bits per heavy atom. The van der Waals surface area contributed by atoms with Crippen LogP contribution in [0.4, 0.5) is 28.9 Å². The summed E-state index contributed by atoms with van der Waals surface area (Å²) in [4.78, 5) is 26.7. The molecule has 1 heterocycles. The van der Waals surface area contributed by atoms with E-state index in [2.05, 4.69) is 5.32 Å². The molecule has 0 fully saturated rings. The van der Waals surface area contributed by atoms with Gasteiger partial charge in [-0.2, -0.15) is 0 Å². The van der Waals surface area contributed by atoms with E-state index >= 15 is 0 Å². The molecule has 0 saturated carbocycles. The monoisotopic (exact) mass is 590 g/mol. The zero-order valence-electron chi connectivity index (χ0n) is 19.0. The van der Waals surface area contributed by atoms with Crippen molar-refractivity contribution in [2.24, 2.45) is 0 Å². The van der Waals surface area contributed by atoms with Crippen LogP contribution >= 0.6 is 34.8 Å². The van der Waals surface area contributed by atoms with Gasteiger partial charge in [0.25, 0.3) is 17.7 Å². The van der Waals surface area contributed by atoms with Crippen molar-refractivity contribution in [2.75, 3.05) is 23.4 Å². The fourth-order valence-electron chi connectivity index (χ4n) is 4.05. The topological polar surface area (TPSA) is 89.9 Å². The molecule has 38 heavy (non-hydrogen) atoms. The van der Waals surface area contributed by atoms with Gasteiger partial charge < -0.3 is 20.4 Å². The molecule has 0 spiro atoms. The summed E-state index contributed by atoms with van der Waals surface area (Å²) in [5.74, 6) is -7.66. The molecule has 0 aromatic heterocycles. The Hall–Kier alpha value is -2.89. The van der Waals surface area contributed by atoms with Gasteiger partial charge in [-0.1, -0.05) is 34.8 Å². The molecule has 200 valence electrons. The van der Waals surface area contributed by atoms with Gasteiger partial charge in [0.05, 0.1) is 33.6 Å². The lowest BCUT2D eigenvalue weighted by Gasteiger charge is -2.33. The lowest BCUT2D eigenvalue weighted by atomic mass is 9.86. The second-order valence-corrected chi connectivity index (χ2v) is 9.74. The average molecular weight is 592 g/mol. The van der Waals surface area contributed by atoms with Gasteiger partial charge in [0.2, 0.25) is 0 Å². The number of nitrogens with one attached hydrogen (secondary N) is 1. The number of alkyl halides is 2. The molecule has 0 bridgehead atoms. The summed E-state index contributed by atoms with van der Waals surface area (Å²) >= 11 is 17.5. The highest BCUT2D eigenvalue weighted by Gasteiger charge is 2.56. The third-order valence-electron chi connectivity index (χ3n) is 6.14. The predicted octanol–water partition coefficient (Wildman–Crippen LogP) is 6.04. The van der Waals surface area contributed by atoms with E-state index in [1.54, 1.807) is 0 Å². The van der Waals surface area contributed by atoms with E-state index in [1.807, 2.05) is 0 Å². The fourth-order valence-corrected chi connectivity index (χ4v) is 4.70. The molecule has 0 radical (unpaired) electrons. The van der Waals surface area contributed by atoms with Crippen LogP contribution in [-0.4, -0.2) is 41.1 Å². The van der Waals surface area contributed by atoms with E-state index in [9.17, 15) is 37.4 Å². The van der Waals surface area contributed by atoms with Crippen LogP contribution in [0.15, 0.2) is 48.5 Å². The van der Waals surface area contributed by atoms with Gasteiger partial charge in [0.15, 0.2) is 5.60 Å². The van der Waals surface area contributed by atoms with Crippen molar-refractivity contribution in [2.45, 2.75) is 17.9 Å². The highest BCUT2D eigenvalue weighted by molar-refractivity contribution is 6.37. The number of aliphatic hydroxyl groups excluding tert-OH is 1. The minimum Gasteiger partial charge on any atom is -0.393 e. The Bertz CT molecular complexity index is 1460. The zero-order valence-corrected chi connectivity index (χ0v) is 21.3. The van der Waals surface area contributed by atoms with Gasteiger partial charge in [-0.25, -0.2) is 17.6 Å². The quantitative estimate of drug-likeness (QED) is 0.255. The van der Waals surface area contributed by atoms with Gasteiger partial charge in [0.1, 0.15) is 11.6 Å². The standard InChI is InChI=1S/C25H17Cl3F4N2O4/c26-13-2-4-21-15(8-13)24(38,11-35)25(31,32)5-6-34(21)23(37)12-1-3-20(19(30)7-12)33-22(36)14-9-18(29)17(28)10-16(14)27/h1-4,7-10,35,38H,5-6,11H2,(H,33,36)/t24-/m0/s1. The Kier molecular flexibility index (Phi) is 7.66. The molecular weight excluding hydrogens is 575 g/mol. The number of benzene rings is 3. The molecule has 3 aromatic carbocycles. The Morgan fingerprint density at radius 2 is 1.68 bits per heavy atom. The SMILES string of the molecule is O=C(Nc1ccc(C(=O)N2CCC(F)(F)[C@](O)(CO)c3cc(Cl)ccc32)cc1F)c1cc(F)c(Cl)cc1Cl. The van der Waals surface area contributed by atoms with E-state index in [1.165, 1.54) is 12.1 Å². The lowest BCUT2D eigenvalue weighted by Crippen LogP contribution is -2.48. The summed E-state index contributed by atoms with van der Waals surface area (Å²) < 4.78 is 58.4. The minimum atomic E-state index is -3.84. The predicted molar refractivity (Wildman–Crippen MR) is 134 cm³/mol. The van der Waals surface area contributed by atoms with E-state index in [4.69, 9.17) is 34.8 Å². The lowest BCUT2D eigenvalue weighted by molar-refractivity contribution is -0.205. The smallest absolute Gasteiger partial charge is 0.284 e. The summed E-state index contributed by atoms with van der Waals surface area (Å²) in [5.41, 5.74) is -4.60. The van der Waals surface area contributed by atoms with E-state index in [0.29, 0.717) is 0 Å².